The van der Waals surface area contributed by atoms with Gasteiger partial charge in [-0.25, -0.2) is 0 Å². The molecule has 2 aliphatic rings. The van der Waals surface area contributed by atoms with Crippen molar-refractivity contribution in [1.29, 1.82) is 0 Å². The van der Waals surface area contributed by atoms with Gasteiger partial charge >= 0.3 is 0 Å². The van der Waals surface area contributed by atoms with E-state index in [1.807, 2.05) is 6.20 Å². The smallest absolute Gasteiger partial charge is 0.227 e. The number of pyridine rings is 1. The van der Waals surface area contributed by atoms with E-state index >= 15 is 0 Å². The monoisotopic (exact) mass is 352 g/mol. The molecule has 1 unspecified atom stereocenters. The summed E-state index contributed by atoms with van der Waals surface area (Å²) in [4.78, 5) is 16.7. The van der Waals surface area contributed by atoms with Crippen LogP contribution in [0, 0.1) is 0 Å². The number of piperidine rings is 1. The van der Waals surface area contributed by atoms with E-state index in [-0.39, 0.29) is 11.8 Å². The molecule has 2 heterocycles. The molecule has 1 fully saturated rings. The molecular formula is C21H21ClN2O. The Morgan fingerprint density at radius 3 is 2.76 bits per heavy atom. The Morgan fingerprint density at radius 1 is 1.24 bits per heavy atom. The van der Waals surface area contributed by atoms with E-state index in [2.05, 4.69) is 47.6 Å². The Bertz CT molecular complexity index is 855. The van der Waals surface area contributed by atoms with Gasteiger partial charge in [0.1, 0.15) is 0 Å². The number of rotatable bonds is 3. The SMILES string of the molecule is CCC1=C(Cl)Cc2ncc(-c3ccc(C4CCCNC4=O)cc3)cc21. The molecule has 4 rings (SSSR count). The lowest BCUT2D eigenvalue weighted by Crippen LogP contribution is -2.34. The van der Waals surface area contributed by atoms with Gasteiger partial charge in [0.05, 0.1) is 11.6 Å². The van der Waals surface area contributed by atoms with E-state index in [1.54, 1.807) is 0 Å². The summed E-state index contributed by atoms with van der Waals surface area (Å²) < 4.78 is 0. The van der Waals surface area contributed by atoms with Gasteiger partial charge in [0.2, 0.25) is 5.91 Å². The maximum atomic E-state index is 12.0. The van der Waals surface area contributed by atoms with Gasteiger partial charge in [0.25, 0.3) is 0 Å². The second-order valence-electron chi connectivity index (χ2n) is 6.74. The molecule has 1 aliphatic carbocycles. The van der Waals surface area contributed by atoms with Crippen LogP contribution in [0.3, 0.4) is 0 Å². The molecule has 0 spiro atoms. The van der Waals surface area contributed by atoms with Gasteiger partial charge in [-0.1, -0.05) is 42.8 Å². The minimum absolute atomic E-state index is 0.0191. The summed E-state index contributed by atoms with van der Waals surface area (Å²) in [6.07, 6.45) is 5.56. The van der Waals surface area contributed by atoms with Gasteiger partial charge in [0.15, 0.2) is 0 Å². The van der Waals surface area contributed by atoms with Gasteiger partial charge in [-0.2, -0.15) is 0 Å². The largest absolute Gasteiger partial charge is 0.356 e. The standard InChI is InChI=1S/C21H21ClN2O/c1-2-16-18-10-15(12-24-20(18)11-19(16)22)13-5-7-14(8-6-13)17-4-3-9-23-21(17)25/h5-8,10,12,17H,2-4,9,11H2,1H3,(H,23,25). The topological polar surface area (TPSA) is 42.0 Å². The molecule has 1 saturated heterocycles. The van der Waals surface area contributed by atoms with Crippen molar-refractivity contribution in [2.75, 3.05) is 6.54 Å². The summed E-state index contributed by atoms with van der Waals surface area (Å²) in [5.74, 6) is 0.125. The van der Waals surface area contributed by atoms with Gasteiger partial charge in [-0.15, -0.1) is 0 Å². The molecular weight excluding hydrogens is 332 g/mol. The number of benzene rings is 1. The molecule has 1 N–H and O–H groups in total. The highest BCUT2D eigenvalue weighted by Gasteiger charge is 2.24. The third kappa shape index (κ3) is 2.98. The first-order valence-electron chi connectivity index (χ1n) is 8.92. The number of hydrogen-bond acceptors (Lipinski definition) is 2. The lowest BCUT2D eigenvalue weighted by atomic mass is 9.89. The minimum Gasteiger partial charge on any atom is -0.356 e. The molecule has 25 heavy (non-hydrogen) atoms. The van der Waals surface area contributed by atoms with Crippen LogP contribution in [0.25, 0.3) is 16.7 Å². The highest BCUT2D eigenvalue weighted by atomic mass is 35.5. The minimum atomic E-state index is -0.0191. The number of nitrogens with zero attached hydrogens (tertiary/aromatic N) is 1. The third-order valence-electron chi connectivity index (χ3n) is 5.23. The lowest BCUT2D eigenvalue weighted by molar-refractivity contribution is -0.123. The Labute approximate surface area is 153 Å². The molecule has 1 atom stereocenters. The van der Waals surface area contributed by atoms with E-state index in [0.29, 0.717) is 0 Å². The number of hydrogen-bond donors (Lipinski definition) is 1. The predicted molar refractivity (Wildman–Crippen MR) is 101 cm³/mol. The summed E-state index contributed by atoms with van der Waals surface area (Å²) in [5, 5.41) is 3.87. The number of allylic oxidation sites excluding steroid dienone is 2. The van der Waals surface area contributed by atoms with Crippen LogP contribution in [0.15, 0.2) is 41.6 Å². The fraction of sp³-hybridized carbons (Fsp3) is 0.333. The molecule has 1 aliphatic heterocycles. The molecule has 3 nitrogen and oxygen atoms in total. The second-order valence-corrected chi connectivity index (χ2v) is 7.20. The summed E-state index contributed by atoms with van der Waals surface area (Å²) in [6, 6.07) is 10.5. The number of fused-ring (bicyclic) bond motifs is 1. The molecule has 0 saturated carbocycles. The van der Waals surface area contributed by atoms with Crippen molar-refractivity contribution in [3.63, 3.8) is 0 Å². The summed E-state index contributed by atoms with van der Waals surface area (Å²) in [7, 11) is 0. The summed E-state index contributed by atoms with van der Waals surface area (Å²) in [5.41, 5.74) is 6.76. The zero-order valence-corrected chi connectivity index (χ0v) is 15.1. The van der Waals surface area contributed by atoms with Crippen molar-refractivity contribution in [2.24, 2.45) is 0 Å². The maximum absolute atomic E-state index is 12.0. The predicted octanol–water partition coefficient (Wildman–Crippen LogP) is 4.66. The average molecular weight is 353 g/mol. The molecule has 1 aromatic carbocycles. The first-order valence-corrected chi connectivity index (χ1v) is 9.30. The van der Waals surface area contributed by atoms with Crippen molar-refractivity contribution in [3.8, 4) is 11.1 Å². The number of carbonyl (C=O) groups is 1. The quantitative estimate of drug-likeness (QED) is 0.873. The Kier molecular flexibility index (Phi) is 4.34. The van der Waals surface area contributed by atoms with Crippen molar-refractivity contribution in [2.45, 2.75) is 38.5 Å². The van der Waals surface area contributed by atoms with Crippen LogP contribution in [-0.2, 0) is 11.2 Å². The Balaban J connectivity index is 1.63. The molecule has 1 amide bonds. The van der Waals surface area contributed by atoms with Crippen LogP contribution >= 0.6 is 11.6 Å². The molecule has 2 aromatic rings. The van der Waals surface area contributed by atoms with Gasteiger partial charge < -0.3 is 5.32 Å². The first kappa shape index (κ1) is 16.3. The second kappa shape index (κ2) is 6.64. The number of carbonyl (C=O) groups excluding carboxylic acids is 1. The van der Waals surface area contributed by atoms with E-state index in [4.69, 9.17) is 11.6 Å². The van der Waals surface area contributed by atoms with Gasteiger partial charge in [-0.3, -0.25) is 9.78 Å². The fourth-order valence-corrected chi connectivity index (χ4v) is 4.20. The normalized spacial score (nSPS) is 19.8. The Morgan fingerprint density at radius 2 is 2.04 bits per heavy atom. The molecule has 4 heteroatoms. The van der Waals surface area contributed by atoms with Crippen LogP contribution < -0.4 is 5.32 Å². The fourth-order valence-electron chi connectivity index (χ4n) is 3.83. The molecule has 128 valence electrons. The molecule has 1 aromatic heterocycles. The zero-order valence-electron chi connectivity index (χ0n) is 14.3. The highest BCUT2D eigenvalue weighted by molar-refractivity contribution is 6.33. The summed E-state index contributed by atoms with van der Waals surface area (Å²) >= 11 is 6.36. The van der Waals surface area contributed by atoms with E-state index in [1.165, 1.54) is 11.1 Å². The first-order chi connectivity index (χ1) is 12.2. The highest BCUT2D eigenvalue weighted by Crippen LogP contribution is 2.37. The average Bonchev–Trinajstić information content (AvgIpc) is 2.96. The van der Waals surface area contributed by atoms with Crippen LogP contribution in [0.1, 0.15) is 48.9 Å². The van der Waals surface area contributed by atoms with Crippen molar-refractivity contribution in [1.82, 2.24) is 10.3 Å². The van der Waals surface area contributed by atoms with Gasteiger partial charge in [0, 0.05) is 35.3 Å². The van der Waals surface area contributed by atoms with Gasteiger partial charge in [-0.05, 0) is 42.0 Å². The zero-order chi connectivity index (χ0) is 17.4. The molecule has 0 bridgehead atoms. The molecule has 0 radical (unpaired) electrons. The lowest BCUT2D eigenvalue weighted by Gasteiger charge is -2.22. The number of nitrogens with one attached hydrogen (secondary N) is 1. The van der Waals surface area contributed by atoms with E-state index in [0.717, 1.165) is 59.6 Å². The van der Waals surface area contributed by atoms with Crippen molar-refractivity contribution in [3.05, 3.63) is 58.4 Å². The van der Waals surface area contributed by atoms with Crippen molar-refractivity contribution < 1.29 is 4.79 Å². The number of halogens is 1. The van der Waals surface area contributed by atoms with Crippen LogP contribution in [-0.4, -0.2) is 17.4 Å². The van der Waals surface area contributed by atoms with Crippen molar-refractivity contribution >= 4 is 23.1 Å². The van der Waals surface area contributed by atoms with E-state index in [9.17, 15) is 4.79 Å². The van der Waals surface area contributed by atoms with Crippen LogP contribution in [0.5, 0.6) is 0 Å². The van der Waals surface area contributed by atoms with Crippen LogP contribution in [0.2, 0.25) is 0 Å². The Hall–Kier alpha value is -2.13. The van der Waals surface area contributed by atoms with E-state index < -0.39 is 0 Å². The number of amides is 1. The summed E-state index contributed by atoms with van der Waals surface area (Å²) in [6.45, 7) is 2.92. The maximum Gasteiger partial charge on any atom is 0.227 e. The number of aromatic nitrogens is 1. The third-order valence-corrected chi connectivity index (χ3v) is 5.59. The van der Waals surface area contributed by atoms with Crippen LogP contribution in [0.4, 0.5) is 0 Å².